The van der Waals surface area contributed by atoms with Gasteiger partial charge < -0.3 is 19.9 Å². The number of hydrogen-bond acceptors (Lipinski definition) is 6. The van der Waals surface area contributed by atoms with Gasteiger partial charge in [0.05, 0.1) is 23.7 Å². The van der Waals surface area contributed by atoms with Crippen LogP contribution in [0.5, 0.6) is 5.75 Å². The van der Waals surface area contributed by atoms with Gasteiger partial charge in [-0.15, -0.1) is 0 Å². The zero-order chi connectivity index (χ0) is 21.5. The Kier molecular flexibility index (Phi) is 4.86. The summed E-state index contributed by atoms with van der Waals surface area (Å²) in [5.74, 6) is 0.569. The maximum atomic E-state index is 12.8. The van der Waals surface area contributed by atoms with Crippen molar-refractivity contribution in [1.82, 2.24) is 24.6 Å². The van der Waals surface area contributed by atoms with E-state index in [9.17, 15) is 4.79 Å². The van der Waals surface area contributed by atoms with Crippen molar-refractivity contribution < 1.29 is 9.53 Å². The van der Waals surface area contributed by atoms with Crippen molar-refractivity contribution in [3.05, 3.63) is 42.1 Å². The minimum absolute atomic E-state index is 0.167. The van der Waals surface area contributed by atoms with E-state index >= 15 is 0 Å². The average molecular weight is 419 g/mol. The van der Waals surface area contributed by atoms with E-state index in [4.69, 9.17) is 14.7 Å². The molecule has 8 heteroatoms. The predicted molar refractivity (Wildman–Crippen MR) is 122 cm³/mol. The van der Waals surface area contributed by atoms with Crippen LogP contribution in [0.15, 0.2) is 36.5 Å². The molecule has 1 N–H and O–H groups in total. The quantitative estimate of drug-likeness (QED) is 0.551. The molecule has 5 rings (SSSR count). The molecule has 31 heavy (non-hydrogen) atoms. The number of nitrogens with zero attached hydrogens (tertiary/aromatic N) is 5. The highest BCUT2D eigenvalue weighted by molar-refractivity contribution is 6.07. The number of carbonyl (C=O) groups is 1. The second kappa shape index (κ2) is 7.70. The first-order valence-corrected chi connectivity index (χ1v) is 10.5. The number of pyridine rings is 2. The predicted octanol–water partition coefficient (Wildman–Crippen LogP) is 2.55. The van der Waals surface area contributed by atoms with Gasteiger partial charge in [-0.1, -0.05) is 0 Å². The molecular formula is C23H26N6O2. The maximum Gasteiger partial charge on any atom is 0.254 e. The number of imidazole rings is 1. The molecule has 0 spiro atoms. The van der Waals surface area contributed by atoms with E-state index in [1.54, 1.807) is 14.2 Å². The number of likely N-dealkylation sites (N-methyl/N-ethyl adjacent to an activating group) is 1. The summed E-state index contributed by atoms with van der Waals surface area (Å²) in [6.07, 6.45) is 2.94. The number of benzene rings is 1. The number of fused-ring (bicyclic) bond motifs is 5. The molecule has 0 aliphatic carbocycles. The smallest absolute Gasteiger partial charge is 0.254 e. The maximum absolute atomic E-state index is 12.8. The van der Waals surface area contributed by atoms with E-state index in [0.717, 1.165) is 66.1 Å². The van der Waals surface area contributed by atoms with Crippen LogP contribution >= 0.6 is 0 Å². The van der Waals surface area contributed by atoms with Crippen LogP contribution in [0.1, 0.15) is 16.8 Å². The number of amides is 1. The summed E-state index contributed by atoms with van der Waals surface area (Å²) in [5.41, 5.74) is 4.67. The molecule has 4 heterocycles. The topological polar surface area (TPSA) is 75.0 Å². The lowest BCUT2D eigenvalue weighted by Crippen LogP contribution is -2.29. The van der Waals surface area contributed by atoms with E-state index in [1.807, 2.05) is 40.9 Å². The second-order valence-corrected chi connectivity index (χ2v) is 7.97. The van der Waals surface area contributed by atoms with E-state index < -0.39 is 0 Å². The van der Waals surface area contributed by atoms with Crippen LogP contribution in [-0.4, -0.2) is 72.6 Å². The molecule has 0 bridgehead atoms. The minimum atomic E-state index is -0.167. The van der Waals surface area contributed by atoms with Crippen molar-refractivity contribution in [2.75, 3.05) is 52.3 Å². The van der Waals surface area contributed by atoms with Crippen molar-refractivity contribution in [3.63, 3.8) is 0 Å². The Bertz CT molecular complexity index is 1300. The molecule has 0 unspecified atom stereocenters. The molecule has 1 fully saturated rings. The van der Waals surface area contributed by atoms with Gasteiger partial charge in [0.1, 0.15) is 11.4 Å². The first-order valence-electron chi connectivity index (χ1n) is 10.5. The number of hydrogen-bond donors (Lipinski definition) is 1. The first-order chi connectivity index (χ1) is 15.1. The molecule has 0 radical (unpaired) electrons. The Hall–Kier alpha value is -3.39. The van der Waals surface area contributed by atoms with Gasteiger partial charge in [0.15, 0.2) is 5.65 Å². The third-order valence-corrected chi connectivity index (χ3v) is 6.08. The lowest BCUT2D eigenvalue weighted by molar-refractivity contribution is 0.0964. The van der Waals surface area contributed by atoms with Crippen LogP contribution in [0.3, 0.4) is 0 Å². The summed E-state index contributed by atoms with van der Waals surface area (Å²) in [7, 11) is 5.45. The standard InChI is InChI=1S/C23H26N6O2/c1-24-23(30)17-14-16-19(28-10-4-9-27(2)11-12-28)7-8-25-21(16)29-20-13-15(31-3)5-6-18(20)26-22(17)29/h5-8,13-14H,4,9-12H2,1-3H3,(H,24,30). The molecule has 3 aromatic heterocycles. The third kappa shape index (κ3) is 3.23. The van der Waals surface area contributed by atoms with Gasteiger partial charge in [-0.05, 0) is 44.3 Å². The SMILES string of the molecule is CNC(=O)c1cc2c(N3CCCN(C)CC3)ccnc2n2c1nc1ccc(OC)cc12. The third-order valence-electron chi connectivity index (χ3n) is 6.08. The largest absolute Gasteiger partial charge is 0.497 e. The highest BCUT2D eigenvalue weighted by atomic mass is 16.5. The van der Waals surface area contributed by atoms with Crippen LogP contribution in [0, 0.1) is 0 Å². The molecule has 1 saturated heterocycles. The van der Waals surface area contributed by atoms with Crippen LogP contribution < -0.4 is 15.0 Å². The summed E-state index contributed by atoms with van der Waals surface area (Å²) in [5, 5.41) is 3.71. The average Bonchev–Trinajstić information content (AvgIpc) is 3.05. The van der Waals surface area contributed by atoms with Crippen molar-refractivity contribution in [3.8, 4) is 5.75 Å². The van der Waals surface area contributed by atoms with Crippen LogP contribution in [0.4, 0.5) is 5.69 Å². The zero-order valence-corrected chi connectivity index (χ0v) is 18.1. The minimum Gasteiger partial charge on any atom is -0.497 e. The summed E-state index contributed by atoms with van der Waals surface area (Å²) < 4.78 is 7.42. The number of carbonyl (C=O) groups excluding carboxylic acids is 1. The highest BCUT2D eigenvalue weighted by Crippen LogP contribution is 2.32. The number of rotatable bonds is 3. The van der Waals surface area contributed by atoms with Gasteiger partial charge in [-0.3, -0.25) is 9.20 Å². The summed E-state index contributed by atoms with van der Waals surface area (Å²) in [6, 6.07) is 9.71. The van der Waals surface area contributed by atoms with E-state index in [2.05, 4.69) is 22.2 Å². The fourth-order valence-electron chi connectivity index (χ4n) is 4.42. The lowest BCUT2D eigenvalue weighted by atomic mass is 10.1. The van der Waals surface area contributed by atoms with Gasteiger partial charge in [0.25, 0.3) is 5.91 Å². The lowest BCUT2D eigenvalue weighted by Gasteiger charge is -2.24. The van der Waals surface area contributed by atoms with Gasteiger partial charge in [0.2, 0.25) is 0 Å². The fraction of sp³-hybridized carbons (Fsp3) is 0.348. The molecule has 4 aromatic rings. The number of methoxy groups -OCH3 is 1. The van der Waals surface area contributed by atoms with Crippen LogP contribution in [0.25, 0.3) is 27.7 Å². The van der Waals surface area contributed by atoms with E-state index in [0.29, 0.717) is 11.2 Å². The van der Waals surface area contributed by atoms with Crippen molar-refractivity contribution in [1.29, 1.82) is 0 Å². The Morgan fingerprint density at radius 3 is 2.77 bits per heavy atom. The Labute approximate surface area is 180 Å². The summed E-state index contributed by atoms with van der Waals surface area (Å²) >= 11 is 0. The summed E-state index contributed by atoms with van der Waals surface area (Å²) in [4.78, 5) is 27.1. The van der Waals surface area contributed by atoms with Crippen molar-refractivity contribution in [2.45, 2.75) is 6.42 Å². The zero-order valence-electron chi connectivity index (χ0n) is 18.1. The number of nitrogens with one attached hydrogen (secondary N) is 1. The molecule has 1 aromatic carbocycles. The second-order valence-electron chi connectivity index (χ2n) is 7.97. The molecule has 8 nitrogen and oxygen atoms in total. The van der Waals surface area contributed by atoms with Crippen LogP contribution in [-0.2, 0) is 0 Å². The summed E-state index contributed by atoms with van der Waals surface area (Å²) in [6.45, 7) is 3.98. The molecule has 1 aliphatic heterocycles. The van der Waals surface area contributed by atoms with Crippen molar-refractivity contribution in [2.24, 2.45) is 0 Å². The molecule has 0 atom stereocenters. The Balaban J connectivity index is 1.84. The molecule has 0 saturated carbocycles. The number of anilines is 1. The number of aromatic nitrogens is 3. The highest BCUT2D eigenvalue weighted by Gasteiger charge is 2.22. The molecule has 1 amide bonds. The Morgan fingerprint density at radius 2 is 1.97 bits per heavy atom. The molecule has 160 valence electrons. The fourth-order valence-corrected chi connectivity index (χ4v) is 4.42. The van der Waals surface area contributed by atoms with Gasteiger partial charge >= 0.3 is 0 Å². The first kappa shape index (κ1) is 19.6. The van der Waals surface area contributed by atoms with Crippen LogP contribution in [0.2, 0.25) is 0 Å². The molecule has 1 aliphatic rings. The monoisotopic (exact) mass is 418 g/mol. The van der Waals surface area contributed by atoms with E-state index in [-0.39, 0.29) is 5.91 Å². The number of ether oxygens (including phenoxy) is 1. The van der Waals surface area contributed by atoms with Gasteiger partial charge in [0, 0.05) is 50.0 Å². The Morgan fingerprint density at radius 1 is 1.10 bits per heavy atom. The molecular weight excluding hydrogens is 392 g/mol. The van der Waals surface area contributed by atoms with Crippen molar-refractivity contribution >= 4 is 39.3 Å². The van der Waals surface area contributed by atoms with E-state index in [1.165, 1.54) is 0 Å². The van der Waals surface area contributed by atoms with Gasteiger partial charge in [-0.25, -0.2) is 9.97 Å². The normalized spacial score (nSPS) is 15.5. The van der Waals surface area contributed by atoms with Gasteiger partial charge in [-0.2, -0.15) is 0 Å².